The van der Waals surface area contributed by atoms with E-state index in [0.29, 0.717) is 0 Å². The first kappa shape index (κ1) is 13.7. The number of aryl methyl sites for hydroxylation is 1. The van der Waals surface area contributed by atoms with Crippen LogP contribution in [0.4, 0.5) is 0 Å². The summed E-state index contributed by atoms with van der Waals surface area (Å²) < 4.78 is 2.29. The van der Waals surface area contributed by atoms with Gasteiger partial charge in [-0.3, -0.25) is 0 Å². The number of imidazole rings is 1. The van der Waals surface area contributed by atoms with Crippen LogP contribution >= 0.6 is 22.9 Å². The first-order valence-corrected chi connectivity index (χ1v) is 8.06. The molecule has 3 aromatic rings. The van der Waals surface area contributed by atoms with Gasteiger partial charge in [-0.25, -0.2) is 4.98 Å². The highest BCUT2D eigenvalue weighted by Crippen LogP contribution is 2.33. The van der Waals surface area contributed by atoms with E-state index in [1.165, 1.54) is 16.0 Å². The summed E-state index contributed by atoms with van der Waals surface area (Å²) in [7, 11) is 0. The molecule has 0 saturated heterocycles. The average Bonchev–Trinajstić information content (AvgIpc) is 3.06. The van der Waals surface area contributed by atoms with Gasteiger partial charge in [0, 0.05) is 4.88 Å². The molecule has 2 heterocycles. The number of para-hydroxylation sites is 1. The number of thiophene rings is 1. The Balaban J connectivity index is 2.29. The molecule has 0 saturated carbocycles. The highest BCUT2D eigenvalue weighted by molar-refractivity contribution is 7.10. The van der Waals surface area contributed by atoms with Crippen molar-refractivity contribution in [3.63, 3.8) is 0 Å². The van der Waals surface area contributed by atoms with Crippen LogP contribution < -0.4 is 0 Å². The lowest BCUT2D eigenvalue weighted by molar-refractivity contribution is 0.627. The first-order valence-electron chi connectivity index (χ1n) is 6.74. The number of nitrogens with zero attached hydrogens (tertiary/aromatic N) is 2. The maximum atomic E-state index is 6.36. The van der Waals surface area contributed by atoms with Crippen LogP contribution in [-0.4, -0.2) is 9.55 Å². The van der Waals surface area contributed by atoms with Gasteiger partial charge in [-0.1, -0.05) is 18.2 Å². The third-order valence-corrected chi connectivity index (χ3v) is 4.87. The van der Waals surface area contributed by atoms with Crippen LogP contribution in [0.25, 0.3) is 11.0 Å². The Hall–Kier alpha value is -1.32. The Kier molecular flexibility index (Phi) is 3.57. The fraction of sp³-hybridized carbons (Fsp3) is 0.312. The summed E-state index contributed by atoms with van der Waals surface area (Å²) in [5.74, 6) is 0.942. The summed E-state index contributed by atoms with van der Waals surface area (Å²) in [6.45, 7) is 6.32. The monoisotopic (exact) mass is 304 g/mol. The van der Waals surface area contributed by atoms with Crippen LogP contribution in [0.15, 0.2) is 35.7 Å². The van der Waals surface area contributed by atoms with Crippen LogP contribution in [0.3, 0.4) is 0 Å². The zero-order valence-corrected chi connectivity index (χ0v) is 13.4. The van der Waals surface area contributed by atoms with E-state index in [4.69, 9.17) is 16.6 Å². The number of alkyl halides is 1. The standard InChI is InChI=1S/C16H17ClN2S/c1-10-6-4-7-13-15(10)19(16(18-13)11(2)17)12(3)14-8-5-9-20-14/h4-9,11-12H,1-3H3. The van der Waals surface area contributed by atoms with E-state index in [0.717, 1.165) is 11.3 Å². The van der Waals surface area contributed by atoms with Crippen LogP contribution in [0.2, 0.25) is 0 Å². The normalized spacial score (nSPS) is 14.6. The smallest absolute Gasteiger partial charge is 0.128 e. The zero-order chi connectivity index (χ0) is 14.3. The molecule has 0 aliphatic heterocycles. The minimum Gasteiger partial charge on any atom is -0.318 e. The summed E-state index contributed by atoms with van der Waals surface area (Å²) in [6.07, 6.45) is 0. The number of fused-ring (bicyclic) bond motifs is 1. The first-order chi connectivity index (χ1) is 9.59. The number of halogens is 1. The predicted octanol–water partition coefficient (Wildman–Crippen LogP) is 5.32. The summed E-state index contributed by atoms with van der Waals surface area (Å²) in [5, 5.41) is 2.01. The molecule has 4 heteroatoms. The molecule has 0 amide bonds. The molecular formula is C16H17ClN2S. The Morgan fingerprint density at radius 2 is 2.00 bits per heavy atom. The molecule has 104 valence electrons. The molecule has 0 aliphatic carbocycles. The molecule has 20 heavy (non-hydrogen) atoms. The molecule has 1 aromatic carbocycles. The molecule has 3 rings (SSSR count). The maximum absolute atomic E-state index is 6.36. The van der Waals surface area contributed by atoms with E-state index in [9.17, 15) is 0 Å². The molecule has 2 aromatic heterocycles. The molecule has 2 unspecified atom stereocenters. The van der Waals surface area contributed by atoms with Crippen molar-refractivity contribution in [3.05, 3.63) is 52.0 Å². The van der Waals surface area contributed by atoms with Gasteiger partial charge in [0.1, 0.15) is 5.82 Å². The molecule has 0 aliphatic rings. The van der Waals surface area contributed by atoms with Crippen LogP contribution in [0.5, 0.6) is 0 Å². The van der Waals surface area contributed by atoms with E-state index in [-0.39, 0.29) is 11.4 Å². The molecular weight excluding hydrogens is 288 g/mol. The van der Waals surface area contributed by atoms with Crippen molar-refractivity contribution in [2.24, 2.45) is 0 Å². The molecule has 0 fully saturated rings. The molecule has 0 spiro atoms. The van der Waals surface area contributed by atoms with Crippen molar-refractivity contribution in [3.8, 4) is 0 Å². The third kappa shape index (κ3) is 2.15. The van der Waals surface area contributed by atoms with E-state index in [2.05, 4.69) is 48.1 Å². The maximum Gasteiger partial charge on any atom is 0.128 e. The number of aromatic nitrogens is 2. The second-order valence-electron chi connectivity index (χ2n) is 5.09. The molecule has 0 bridgehead atoms. The lowest BCUT2D eigenvalue weighted by Crippen LogP contribution is -2.10. The number of rotatable bonds is 3. The Morgan fingerprint density at radius 1 is 1.20 bits per heavy atom. The Labute approximate surface area is 128 Å². The van der Waals surface area contributed by atoms with Gasteiger partial charge >= 0.3 is 0 Å². The second-order valence-corrected chi connectivity index (χ2v) is 6.72. The van der Waals surface area contributed by atoms with Gasteiger partial charge in [0.2, 0.25) is 0 Å². The fourth-order valence-corrected chi connectivity index (χ4v) is 3.60. The van der Waals surface area contributed by atoms with Crippen molar-refractivity contribution < 1.29 is 0 Å². The SMILES string of the molecule is Cc1cccc2nc(C(C)Cl)n(C(C)c3cccs3)c12. The largest absolute Gasteiger partial charge is 0.318 e. The summed E-state index contributed by atoms with van der Waals surface area (Å²) in [6, 6.07) is 10.7. The topological polar surface area (TPSA) is 17.8 Å². The van der Waals surface area contributed by atoms with Crippen molar-refractivity contribution in [2.75, 3.05) is 0 Å². The minimum absolute atomic E-state index is 0.107. The quantitative estimate of drug-likeness (QED) is 0.599. The van der Waals surface area contributed by atoms with Crippen LogP contribution in [0.1, 0.15) is 41.5 Å². The highest BCUT2D eigenvalue weighted by Gasteiger charge is 2.21. The van der Waals surface area contributed by atoms with Gasteiger partial charge in [0.25, 0.3) is 0 Å². The summed E-state index contributed by atoms with van der Waals surface area (Å²) >= 11 is 8.13. The molecule has 2 nitrogen and oxygen atoms in total. The average molecular weight is 305 g/mol. The second kappa shape index (κ2) is 5.23. The van der Waals surface area contributed by atoms with Crippen molar-refractivity contribution in [1.82, 2.24) is 9.55 Å². The van der Waals surface area contributed by atoms with Gasteiger partial charge < -0.3 is 4.57 Å². The van der Waals surface area contributed by atoms with Gasteiger partial charge in [-0.05, 0) is 43.8 Å². The number of hydrogen-bond donors (Lipinski definition) is 0. The number of hydrogen-bond acceptors (Lipinski definition) is 2. The number of benzene rings is 1. The van der Waals surface area contributed by atoms with Crippen LogP contribution in [0, 0.1) is 6.92 Å². The van der Waals surface area contributed by atoms with Crippen molar-refractivity contribution in [1.29, 1.82) is 0 Å². The van der Waals surface area contributed by atoms with E-state index in [1.54, 1.807) is 11.3 Å². The van der Waals surface area contributed by atoms with E-state index in [1.807, 2.05) is 13.0 Å². The van der Waals surface area contributed by atoms with Gasteiger partial charge in [-0.15, -0.1) is 22.9 Å². The van der Waals surface area contributed by atoms with E-state index < -0.39 is 0 Å². The molecule has 0 N–H and O–H groups in total. The highest BCUT2D eigenvalue weighted by atomic mass is 35.5. The van der Waals surface area contributed by atoms with Gasteiger partial charge in [-0.2, -0.15) is 0 Å². The van der Waals surface area contributed by atoms with E-state index >= 15 is 0 Å². The van der Waals surface area contributed by atoms with Gasteiger partial charge in [0.05, 0.1) is 22.5 Å². The zero-order valence-electron chi connectivity index (χ0n) is 11.8. The van der Waals surface area contributed by atoms with Crippen molar-refractivity contribution >= 4 is 34.0 Å². The lowest BCUT2D eigenvalue weighted by atomic mass is 10.2. The minimum atomic E-state index is -0.107. The summed E-state index contributed by atoms with van der Waals surface area (Å²) in [4.78, 5) is 6.06. The lowest BCUT2D eigenvalue weighted by Gasteiger charge is -2.18. The molecule has 0 radical (unpaired) electrons. The van der Waals surface area contributed by atoms with Crippen molar-refractivity contribution in [2.45, 2.75) is 32.2 Å². The Bertz CT molecular complexity index is 728. The fourth-order valence-electron chi connectivity index (χ4n) is 2.67. The van der Waals surface area contributed by atoms with Crippen LogP contribution in [-0.2, 0) is 0 Å². The Morgan fingerprint density at radius 3 is 2.65 bits per heavy atom. The third-order valence-electron chi connectivity index (χ3n) is 3.64. The predicted molar refractivity (Wildman–Crippen MR) is 86.9 cm³/mol. The molecule has 2 atom stereocenters. The summed E-state index contributed by atoms with van der Waals surface area (Å²) in [5.41, 5.74) is 3.45. The van der Waals surface area contributed by atoms with Gasteiger partial charge in [0.15, 0.2) is 0 Å².